The van der Waals surface area contributed by atoms with Gasteiger partial charge in [-0.05, 0) is 30.3 Å². The number of rotatable bonds is 3. The average Bonchev–Trinajstić information content (AvgIpc) is 2.99. The molecule has 0 aliphatic heterocycles. The van der Waals surface area contributed by atoms with Crippen LogP contribution in [0.5, 0.6) is 0 Å². The first-order chi connectivity index (χ1) is 10.6. The number of carbonyl (C=O) groups excluding carboxylic acids is 1. The Hall–Kier alpha value is -2.37. The Morgan fingerprint density at radius 3 is 2.50 bits per heavy atom. The summed E-state index contributed by atoms with van der Waals surface area (Å²) in [5, 5.41) is 10.9. The van der Waals surface area contributed by atoms with Gasteiger partial charge in [0.2, 0.25) is 5.89 Å². The van der Waals surface area contributed by atoms with Crippen LogP contribution in [0.4, 0.5) is 6.01 Å². The largest absolute Gasteiger partial charge is 0.403 e. The third-order valence-electron chi connectivity index (χ3n) is 2.85. The van der Waals surface area contributed by atoms with Gasteiger partial charge in [0.15, 0.2) is 0 Å². The molecule has 0 aliphatic rings. The topological polar surface area (TPSA) is 68.0 Å². The minimum atomic E-state index is -0.415. The van der Waals surface area contributed by atoms with E-state index in [-0.39, 0.29) is 6.01 Å². The third kappa shape index (κ3) is 3.10. The molecule has 3 aromatic rings. The molecular formula is C15H9Cl2N3O2. The molecule has 2 aromatic carbocycles. The number of halogens is 2. The number of amides is 1. The highest BCUT2D eigenvalue weighted by Gasteiger charge is 2.13. The van der Waals surface area contributed by atoms with E-state index in [1.165, 1.54) is 6.07 Å². The predicted molar refractivity (Wildman–Crippen MR) is 84.1 cm³/mol. The van der Waals surface area contributed by atoms with E-state index in [4.69, 9.17) is 27.6 Å². The van der Waals surface area contributed by atoms with Crippen LogP contribution in [0.2, 0.25) is 10.0 Å². The molecule has 0 spiro atoms. The maximum absolute atomic E-state index is 12.1. The number of benzene rings is 2. The molecule has 0 saturated carbocycles. The van der Waals surface area contributed by atoms with Gasteiger partial charge in [-0.2, -0.15) is 0 Å². The second-order valence-corrected chi connectivity index (χ2v) is 5.18. The van der Waals surface area contributed by atoms with Crippen LogP contribution in [0.1, 0.15) is 10.4 Å². The van der Waals surface area contributed by atoms with Crippen LogP contribution in [0.25, 0.3) is 11.5 Å². The fourth-order valence-electron chi connectivity index (χ4n) is 1.78. The number of carbonyl (C=O) groups is 1. The summed E-state index contributed by atoms with van der Waals surface area (Å²) in [4.78, 5) is 12.1. The number of hydrogen-bond acceptors (Lipinski definition) is 4. The summed E-state index contributed by atoms with van der Waals surface area (Å²) < 4.78 is 5.40. The highest BCUT2D eigenvalue weighted by Crippen LogP contribution is 2.23. The van der Waals surface area contributed by atoms with E-state index in [0.717, 1.165) is 5.56 Å². The van der Waals surface area contributed by atoms with E-state index in [2.05, 4.69) is 15.5 Å². The first kappa shape index (κ1) is 14.6. The third-order valence-corrected chi connectivity index (χ3v) is 3.59. The SMILES string of the molecule is O=C(Nc1nnc(-c2ccccc2)o1)c1ccc(Cl)c(Cl)c1. The van der Waals surface area contributed by atoms with Crippen molar-refractivity contribution in [2.45, 2.75) is 0 Å². The van der Waals surface area contributed by atoms with Gasteiger partial charge in [0.1, 0.15) is 0 Å². The fourth-order valence-corrected chi connectivity index (χ4v) is 2.08. The summed E-state index contributed by atoms with van der Waals surface area (Å²) in [6, 6.07) is 13.8. The molecule has 0 unspecified atom stereocenters. The lowest BCUT2D eigenvalue weighted by Crippen LogP contribution is -2.12. The molecule has 110 valence electrons. The standard InChI is InChI=1S/C15H9Cl2N3O2/c16-11-7-6-10(8-12(11)17)13(21)18-15-20-19-14(22-15)9-4-2-1-3-5-9/h1-8H,(H,18,20,21). The van der Waals surface area contributed by atoms with Gasteiger partial charge in [0, 0.05) is 11.1 Å². The van der Waals surface area contributed by atoms with E-state index < -0.39 is 5.91 Å². The smallest absolute Gasteiger partial charge is 0.322 e. The van der Waals surface area contributed by atoms with Crippen molar-refractivity contribution in [1.29, 1.82) is 0 Å². The first-order valence-corrected chi connectivity index (χ1v) is 7.04. The quantitative estimate of drug-likeness (QED) is 0.776. The van der Waals surface area contributed by atoms with Crippen LogP contribution >= 0.6 is 23.2 Å². The van der Waals surface area contributed by atoms with E-state index >= 15 is 0 Å². The van der Waals surface area contributed by atoms with Crippen LogP contribution in [0, 0.1) is 0 Å². The second-order valence-electron chi connectivity index (χ2n) is 4.36. The van der Waals surface area contributed by atoms with Crippen molar-refractivity contribution in [1.82, 2.24) is 10.2 Å². The average molecular weight is 334 g/mol. The molecule has 0 atom stereocenters. The lowest BCUT2D eigenvalue weighted by Gasteiger charge is -2.02. The van der Waals surface area contributed by atoms with Crippen LogP contribution in [0.3, 0.4) is 0 Å². The van der Waals surface area contributed by atoms with Gasteiger partial charge in [-0.1, -0.05) is 46.5 Å². The molecule has 1 heterocycles. The molecule has 1 N–H and O–H groups in total. The van der Waals surface area contributed by atoms with Crippen LogP contribution in [-0.4, -0.2) is 16.1 Å². The number of nitrogens with one attached hydrogen (secondary N) is 1. The van der Waals surface area contributed by atoms with Crippen molar-refractivity contribution in [2.75, 3.05) is 5.32 Å². The van der Waals surface area contributed by atoms with Gasteiger partial charge in [-0.25, -0.2) is 0 Å². The van der Waals surface area contributed by atoms with Crippen molar-refractivity contribution in [3.8, 4) is 11.5 Å². The first-order valence-electron chi connectivity index (χ1n) is 6.29. The Morgan fingerprint density at radius 2 is 1.77 bits per heavy atom. The van der Waals surface area contributed by atoms with Gasteiger partial charge in [-0.15, -0.1) is 5.10 Å². The molecule has 0 bridgehead atoms. The summed E-state index contributed by atoms with van der Waals surface area (Å²) in [7, 11) is 0. The summed E-state index contributed by atoms with van der Waals surface area (Å²) in [6.07, 6.45) is 0. The van der Waals surface area contributed by atoms with E-state index in [9.17, 15) is 4.79 Å². The Kier molecular flexibility index (Phi) is 4.09. The summed E-state index contributed by atoms with van der Waals surface area (Å²) in [5.74, 6) is -0.0909. The molecule has 0 radical (unpaired) electrons. The van der Waals surface area contributed by atoms with Gasteiger partial charge >= 0.3 is 6.01 Å². The molecular weight excluding hydrogens is 325 g/mol. The van der Waals surface area contributed by atoms with Crippen LogP contribution < -0.4 is 5.32 Å². The van der Waals surface area contributed by atoms with Gasteiger partial charge in [0.05, 0.1) is 10.0 Å². The molecule has 22 heavy (non-hydrogen) atoms. The monoisotopic (exact) mass is 333 g/mol. The van der Waals surface area contributed by atoms with Crippen LogP contribution in [-0.2, 0) is 0 Å². The predicted octanol–water partition coefficient (Wildman–Crippen LogP) is 4.30. The summed E-state index contributed by atoms with van der Waals surface area (Å²) in [5.41, 5.74) is 1.11. The lowest BCUT2D eigenvalue weighted by atomic mass is 10.2. The molecule has 1 amide bonds. The van der Waals surface area contributed by atoms with Crippen molar-refractivity contribution in [2.24, 2.45) is 0 Å². The fraction of sp³-hybridized carbons (Fsp3) is 0. The van der Waals surface area contributed by atoms with Crippen molar-refractivity contribution in [3.05, 3.63) is 64.1 Å². The lowest BCUT2D eigenvalue weighted by molar-refractivity contribution is 0.102. The molecule has 0 aliphatic carbocycles. The Morgan fingerprint density at radius 1 is 1.00 bits per heavy atom. The number of aromatic nitrogens is 2. The normalized spacial score (nSPS) is 10.5. The van der Waals surface area contributed by atoms with Gasteiger partial charge in [0.25, 0.3) is 5.91 Å². The maximum atomic E-state index is 12.1. The Labute approximate surface area is 135 Å². The summed E-state index contributed by atoms with van der Waals surface area (Å²) >= 11 is 11.7. The zero-order chi connectivity index (χ0) is 15.5. The zero-order valence-corrected chi connectivity index (χ0v) is 12.6. The number of anilines is 1. The Balaban J connectivity index is 1.77. The molecule has 0 fully saturated rings. The van der Waals surface area contributed by atoms with E-state index in [1.54, 1.807) is 12.1 Å². The van der Waals surface area contributed by atoms with Gasteiger partial charge in [-0.3, -0.25) is 10.1 Å². The van der Waals surface area contributed by atoms with Crippen molar-refractivity contribution < 1.29 is 9.21 Å². The highest BCUT2D eigenvalue weighted by molar-refractivity contribution is 6.42. The van der Waals surface area contributed by atoms with E-state index in [0.29, 0.717) is 21.5 Å². The van der Waals surface area contributed by atoms with E-state index in [1.807, 2.05) is 30.3 Å². The summed E-state index contributed by atoms with van der Waals surface area (Å²) in [6.45, 7) is 0. The molecule has 7 heteroatoms. The number of nitrogens with zero attached hydrogens (tertiary/aromatic N) is 2. The molecule has 1 aromatic heterocycles. The van der Waals surface area contributed by atoms with Crippen LogP contribution in [0.15, 0.2) is 52.9 Å². The molecule has 0 saturated heterocycles. The zero-order valence-electron chi connectivity index (χ0n) is 11.1. The minimum Gasteiger partial charge on any atom is -0.403 e. The highest BCUT2D eigenvalue weighted by atomic mass is 35.5. The molecule has 3 rings (SSSR count). The van der Waals surface area contributed by atoms with Crippen molar-refractivity contribution in [3.63, 3.8) is 0 Å². The number of hydrogen-bond donors (Lipinski definition) is 1. The molecule has 5 nitrogen and oxygen atoms in total. The van der Waals surface area contributed by atoms with Gasteiger partial charge < -0.3 is 4.42 Å². The maximum Gasteiger partial charge on any atom is 0.322 e. The minimum absolute atomic E-state index is 0.00919. The Bertz CT molecular complexity index is 819. The second kappa shape index (κ2) is 6.17. The van der Waals surface area contributed by atoms with Crippen molar-refractivity contribution >= 4 is 35.1 Å².